The van der Waals surface area contributed by atoms with Crippen molar-refractivity contribution in [3.05, 3.63) is 23.8 Å². The van der Waals surface area contributed by atoms with Gasteiger partial charge in [0, 0.05) is 11.4 Å². The number of carbonyl (C=O) groups excluding carboxylic acids is 1. The number of anilines is 2. The second-order valence-corrected chi connectivity index (χ2v) is 5.26. The van der Waals surface area contributed by atoms with Crippen molar-refractivity contribution in [3.63, 3.8) is 0 Å². The molecule has 1 aliphatic rings. The minimum atomic E-state index is 0.0515. The molecule has 1 aromatic rings. The van der Waals surface area contributed by atoms with Crippen LogP contribution in [0.3, 0.4) is 0 Å². The molecular formula is C15H23N3O. The van der Waals surface area contributed by atoms with E-state index in [4.69, 9.17) is 5.73 Å². The number of nitrogens with one attached hydrogen (secondary N) is 1. The molecule has 4 nitrogen and oxygen atoms in total. The van der Waals surface area contributed by atoms with Crippen LogP contribution in [0.15, 0.2) is 18.2 Å². The van der Waals surface area contributed by atoms with Gasteiger partial charge in [-0.3, -0.25) is 9.69 Å². The van der Waals surface area contributed by atoms with E-state index in [1.165, 1.54) is 25.7 Å². The molecule has 0 unspecified atom stereocenters. The van der Waals surface area contributed by atoms with E-state index in [2.05, 4.69) is 10.2 Å². The van der Waals surface area contributed by atoms with Crippen molar-refractivity contribution in [2.75, 3.05) is 30.7 Å². The molecule has 1 heterocycles. The van der Waals surface area contributed by atoms with Crippen molar-refractivity contribution in [3.8, 4) is 0 Å². The van der Waals surface area contributed by atoms with Crippen molar-refractivity contribution in [1.29, 1.82) is 0 Å². The Bertz CT molecular complexity index is 437. The van der Waals surface area contributed by atoms with E-state index in [0.717, 1.165) is 24.3 Å². The number of hydrogen-bond donors (Lipinski definition) is 2. The summed E-state index contributed by atoms with van der Waals surface area (Å²) in [5.41, 5.74) is 8.31. The van der Waals surface area contributed by atoms with Crippen molar-refractivity contribution >= 4 is 17.3 Å². The van der Waals surface area contributed by atoms with Gasteiger partial charge in [0.05, 0.1) is 6.54 Å². The highest BCUT2D eigenvalue weighted by Crippen LogP contribution is 2.20. The molecule has 3 N–H and O–H groups in total. The molecule has 0 aliphatic carbocycles. The van der Waals surface area contributed by atoms with Gasteiger partial charge in [-0.25, -0.2) is 0 Å². The van der Waals surface area contributed by atoms with Gasteiger partial charge in [-0.2, -0.15) is 0 Å². The van der Waals surface area contributed by atoms with E-state index >= 15 is 0 Å². The molecule has 104 valence electrons. The number of hydrogen-bond acceptors (Lipinski definition) is 3. The number of nitrogens with two attached hydrogens (primary N) is 1. The first-order valence-electron chi connectivity index (χ1n) is 7.04. The first kappa shape index (κ1) is 13.9. The van der Waals surface area contributed by atoms with Crippen LogP contribution in [-0.2, 0) is 4.79 Å². The predicted octanol–water partition coefficient (Wildman–Crippen LogP) is 2.39. The van der Waals surface area contributed by atoms with Crippen LogP contribution in [0.5, 0.6) is 0 Å². The normalized spacial score (nSPS) is 16.9. The van der Waals surface area contributed by atoms with Crippen LogP contribution in [0.2, 0.25) is 0 Å². The average Bonchev–Trinajstić information content (AvgIpc) is 2.63. The van der Waals surface area contributed by atoms with Crippen LogP contribution >= 0.6 is 0 Å². The SMILES string of the molecule is Cc1c(N)cccc1NC(=O)CN1CCCCCC1. The van der Waals surface area contributed by atoms with Crippen LogP contribution in [0.4, 0.5) is 11.4 Å². The Morgan fingerprint density at radius 2 is 1.95 bits per heavy atom. The summed E-state index contributed by atoms with van der Waals surface area (Å²) in [7, 11) is 0. The summed E-state index contributed by atoms with van der Waals surface area (Å²) >= 11 is 0. The Hall–Kier alpha value is -1.55. The lowest BCUT2D eigenvalue weighted by Crippen LogP contribution is -2.34. The van der Waals surface area contributed by atoms with Crippen molar-refractivity contribution in [2.45, 2.75) is 32.6 Å². The lowest BCUT2D eigenvalue weighted by molar-refractivity contribution is -0.117. The molecule has 4 heteroatoms. The lowest BCUT2D eigenvalue weighted by atomic mass is 10.1. The Balaban J connectivity index is 1.91. The molecule has 0 bridgehead atoms. The van der Waals surface area contributed by atoms with Crippen LogP contribution in [0.25, 0.3) is 0 Å². The fraction of sp³-hybridized carbons (Fsp3) is 0.533. The third kappa shape index (κ3) is 3.96. The molecule has 0 atom stereocenters. The van der Waals surface area contributed by atoms with Crippen LogP contribution < -0.4 is 11.1 Å². The van der Waals surface area contributed by atoms with E-state index in [-0.39, 0.29) is 5.91 Å². The van der Waals surface area contributed by atoms with Gasteiger partial charge in [0.2, 0.25) is 5.91 Å². The zero-order chi connectivity index (χ0) is 13.7. The molecule has 1 aromatic carbocycles. The molecule has 0 aromatic heterocycles. The first-order chi connectivity index (χ1) is 9.16. The first-order valence-corrected chi connectivity index (χ1v) is 7.04. The molecule has 1 saturated heterocycles. The number of benzene rings is 1. The van der Waals surface area contributed by atoms with Crippen LogP contribution in [0, 0.1) is 6.92 Å². The number of nitrogens with zero attached hydrogens (tertiary/aromatic N) is 1. The van der Waals surface area contributed by atoms with Gasteiger partial charge >= 0.3 is 0 Å². The molecule has 19 heavy (non-hydrogen) atoms. The highest BCUT2D eigenvalue weighted by molar-refractivity contribution is 5.93. The smallest absolute Gasteiger partial charge is 0.238 e. The Morgan fingerprint density at radius 1 is 1.26 bits per heavy atom. The maximum Gasteiger partial charge on any atom is 0.238 e. The minimum absolute atomic E-state index is 0.0515. The summed E-state index contributed by atoms with van der Waals surface area (Å²) < 4.78 is 0. The number of amides is 1. The Kier molecular flexibility index (Phi) is 4.80. The zero-order valence-electron chi connectivity index (χ0n) is 11.6. The van der Waals surface area contributed by atoms with Crippen LogP contribution in [-0.4, -0.2) is 30.4 Å². The Morgan fingerprint density at radius 3 is 2.63 bits per heavy atom. The maximum absolute atomic E-state index is 12.1. The number of carbonyl (C=O) groups is 1. The minimum Gasteiger partial charge on any atom is -0.398 e. The molecule has 1 amide bonds. The summed E-state index contributed by atoms with van der Waals surface area (Å²) in [5, 5.41) is 2.96. The van der Waals surface area contributed by atoms with Gasteiger partial charge in [0.25, 0.3) is 0 Å². The van der Waals surface area contributed by atoms with Crippen molar-refractivity contribution < 1.29 is 4.79 Å². The third-order valence-electron chi connectivity index (χ3n) is 3.72. The molecule has 0 spiro atoms. The average molecular weight is 261 g/mol. The van der Waals surface area contributed by atoms with Crippen molar-refractivity contribution in [2.24, 2.45) is 0 Å². The van der Waals surface area contributed by atoms with E-state index in [9.17, 15) is 4.79 Å². The number of nitrogen functional groups attached to an aromatic ring is 1. The van der Waals surface area contributed by atoms with E-state index < -0.39 is 0 Å². The molecule has 2 rings (SSSR count). The monoisotopic (exact) mass is 261 g/mol. The molecule has 1 aliphatic heterocycles. The zero-order valence-corrected chi connectivity index (χ0v) is 11.6. The Labute approximate surface area is 115 Å². The second kappa shape index (κ2) is 6.57. The van der Waals surface area contributed by atoms with E-state index in [1.54, 1.807) is 0 Å². The number of likely N-dealkylation sites (tertiary alicyclic amines) is 1. The van der Waals surface area contributed by atoms with Gasteiger partial charge in [0.1, 0.15) is 0 Å². The molecule has 0 saturated carbocycles. The van der Waals surface area contributed by atoms with Gasteiger partial charge in [-0.1, -0.05) is 18.9 Å². The van der Waals surface area contributed by atoms with Gasteiger partial charge in [-0.05, 0) is 50.6 Å². The lowest BCUT2D eigenvalue weighted by Gasteiger charge is -2.19. The molecule has 0 radical (unpaired) electrons. The van der Waals surface area contributed by atoms with Crippen molar-refractivity contribution in [1.82, 2.24) is 4.90 Å². The fourth-order valence-electron chi connectivity index (χ4n) is 2.48. The maximum atomic E-state index is 12.1. The standard InChI is InChI=1S/C15H23N3O/c1-12-13(16)7-6-8-14(12)17-15(19)11-18-9-4-2-3-5-10-18/h6-8H,2-5,9-11,16H2,1H3,(H,17,19). The second-order valence-electron chi connectivity index (χ2n) is 5.26. The summed E-state index contributed by atoms with van der Waals surface area (Å²) in [4.78, 5) is 14.3. The predicted molar refractivity (Wildman–Crippen MR) is 79.1 cm³/mol. The largest absolute Gasteiger partial charge is 0.398 e. The van der Waals surface area contributed by atoms with Gasteiger partial charge in [-0.15, -0.1) is 0 Å². The quantitative estimate of drug-likeness (QED) is 0.821. The number of rotatable bonds is 3. The summed E-state index contributed by atoms with van der Waals surface area (Å²) in [6.07, 6.45) is 4.97. The van der Waals surface area contributed by atoms with Crippen LogP contribution in [0.1, 0.15) is 31.2 Å². The highest BCUT2D eigenvalue weighted by atomic mass is 16.2. The van der Waals surface area contributed by atoms with E-state index in [1.807, 2.05) is 25.1 Å². The van der Waals surface area contributed by atoms with E-state index in [0.29, 0.717) is 12.2 Å². The highest BCUT2D eigenvalue weighted by Gasteiger charge is 2.13. The molecule has 1 fully saturated rings. The van der Waals surface area contributed by atoms with Gasteiger partial charge < -0.3 is 11.1 Å². The molecular weight excluding hydrogens is 238 g/mol. The summed E-state index contributed by atoms with van der Waals surface area (Å²) in [6, 6.07) is 5.61. The third-order valence-corrected chi connectivity index (χ3v) is 3.72. The summed E-state index contributed by atoms with van der Waals surface area (Å²) in [5.74, 6) is 0.0515. The summed E-state index contributed by atoms with van der Waals surface area (Å²) in [6.45, 7) is 4.47. The topological polar surface area (TPSA) is 58.4 Å². The van der Waals surface area contributed by atoms with Gasteiger partial charge in [0.15, 0.2) is 0 Å². The fourth-order valence-corrected chi connectivity index (χ4v) is 2.48.